The van der Waals surface area contributed by atoms with Crippen LogP contribution in [-0.4, -0.2) is 37.2 Å². The van der Waals surface area contributed by atoms with Crippen LogP contribution in [0.4, 0.5) is 4.79 Å². The van der Waals surface area contributed by atoms with Crippen molar-refractivity contribution in [3.63, 3.8) is 0 Å². The molecule has 2 aromatic rings. The molecule has 2 N–H and O–H groups in total. The quantitative estimate of drug-likeness (QED) is 0.737. The van der Waals surface area contributed by atoms with Crippen LogP contribution in [0.15, 0.2) is 47.4 Å². The van der Waals surface area contributed by atoms with Crippen molar-refractivity contribution in [1.82, 2.24) is 14.9 Å². The summed E-state index contributed by atoms with van der Waals surface area (Å²) in [5.74, 6) is 0.501. The smallest absolute Gasteiger partial charge is 0.322 e. The van der Waals surface area contributed by atoms with E-state index in [1.807, 2.05) is 0 Å². The molecule has 0 aromatic heterocycles. The first kappa shape index (κ1) is 18.7. The first-order chi connectivity index (χ1) is 13.3. The lowest BCUT2D eigenvalue weighted by molar-refractivity contribution is -0.120. The van der Waals surface area contributed by atoms with Crippen molar-refractivity contribution in [3.05, 3.63) is 53.1 Å². The number of hydrogen-bond donors (Lipinski definition) is 2. The second-order valence-electron chi connectivity index (χ2n) is 6.52. The summed E-state index contributed by atoms with van der Waals surface area (Å²) in [5, 5.41) is 5.11. The predicted octanol–water partition coefficient (Wildman–Crippen LogP) is 2.41. The zero-order valence-corrected chi connectivity index (χ0v) is 16.3. The molecule has 1 unspecified atom stereocenters. The minimum atomic E-state index is -3.81. The first-order valence-corrected chi connectivity index (χ1v) is 10.3. The minimum Gasteiger partial charge on any atom is -0.457 e. The Bertz CT molecular complexity index is 1070. The number of sulfonamides is 1. The topological polar surface area (TPSA) is 105 Å². The fraction of sp³-hybridized carbons (Fsp3) is 0.222. The highest BCUT2D eigenvalue weighted by Gasteiger charge is 2.41. The van der Waals surface area contributed by atoms with Crippen LogP contribution in [0.2, 0.25) is 5.02 Å². The summed E-state index contributed by atoms with van der Waals surface area (Å²) in [6.45, 7) is 1.53. The number of rotatable bonds is 4. The molecule has 8 nitrogen and oxygen atoms in total. The zero-order valence-electron chi connectivity index (χ0n) is 14.7. The van der Waals surface area contributed by atoms with Gasteiger partial charge in [-0.05, 0) is 49.4 Å². The standard InChI is InChI=1S/C18H16ClN3O5S/c1-10-14-8-13(6-7-16(14)27-12-4-2-11(19)3-5-12)28(25,26)22(10)9-15-17(23)21-18(24)20-15/h2-8,10,15H,9H2,1H3,(H2,20,21,23,24)/t10?,15-/m0/s1. The Balaban J connectivity index is 1.66. The molecule has 2 bridgehead atoms. The van der Waals surface area contributed by atoms with Gasteiger partial charge in [0.25, 0.3) is 5.91 Å². The molecule has 0 radical (unpaired) electrons. The van der Waals surface area contributed by atoms with Crippen molar-refractivity contribution in [3.8, 4) is 11.5 Å². The Morgan fingerprint density at radius 1 is 1.14 bits per heavy atom. The van der Waals surface area contributed by atoms with Gasteiger partial charge in [0.1, 0.15) is 17.5 Å². The number of ether oxygens (including phenoxy) is 1. The van der Waals surface area contributed by atoms with Gasteiger partial charge in [0, 0.05) is 17.1 Å². The highest BCUT2D eigenvalue weighted by molar-refractivity contribution is 7.89. The number of carbonyl (C=O) groups is 2. The lowest BCUT2D eigenvalue weighted by Crippen LogP contribution is -2.46. The Hall–Kier alpha value is -2.62. The number of nitrogens with zero attached hydrogens (tertiary/aromatic N) is 1. The minimum absolute atomic E-state index is 0.105. The maximum absolute atomic E-state index is 12.9. The molecule has 2 heterocycles. The highest BCUT2D eigenvalue weighted by Crippen LogP contribution is 2.41. The maximum Gasteiger partial charge on any atom is 0.322 e. The number of imide groups is 1. The second-order valence-corrected chi connectivity index (χ2v) is 8.85. The van der Waals surface area contributed by atoms with Crippen LogP contribution in [0, 0.1) is 0 Å². The van der Waals surface area contributed by atoms with Crippen LogP contribution in [0.25, 0.3) is 0 Å². The van der Waals surface area contributed by atoms with Gasteiger partial charge in [-0.3, -0.25) is 10.1 Å². The third-order valence-corrected chi connectivity index (χ3v) is 6.92. The fourth-order valence-corrected chi connectivity index (χ4v) is 5.05. The first-order valence-electron chi connectivity index (χ1n) is 8.46. The van der Waals surface area contributed by atoms with Gasteiger partial charge in [0.2, 0.25) is 10.0 Å². The van der Waals surface area contributed by atoms with Gasteiger partial charge in [-0.25, -0.2) is 13.2 Å². The molecule has 0 spiro atoms. The number of hydrogen-bond acceptors (Lipinski definition) is 5. The third-order valence-electron chi connectivity index (χ3n) is 4.73. The summed E-state index contributed by atoms with van der Waals surface area (Å²) in [7, 11) is -3.81. The molecule has 0 saturated carbocycles. The Kier molecular flexibility index (Phi) is 4.53. The average Bonchev–Trinajstić information content (AvgIpc) is 2.97. The van der Waals surface area contributed by atoms with Gasteiger partial charge >= 0.3 is 6.03 Å². The number of benzene rings is 2. The SMILES string of the molecule is CC1c2cc(ccc2Oc2ccc(Cl)cc2)S(=O)(=O)N1C[C@@H]1NC(=O)NC1=O. The van der Waals surface area contributed by atoms with Gasteiger partial charge in [-0.15, -0.1) is 0 Å². The molecular weight excluding hydrogens is 406 g/mol. The molecule has 146 valence electrons. The molecule has 2 aromatic carbocycles. The Labute approximate surface area is 166 Å². The van der Waals surface area contributed by atoms with Gasteiger partial charge in [-0.1, -0.05) is 11.6 Å². The van der Waals surface area contributed by atoms with E-state index in [9.17, 15) is 18.0 Å². The van der Waals surface area contributed by atoms with Gasteiger partial charge in [0.15, 0.2) is 0 Å². The molecule has 1 saturated heterocycles. The lowest BCUT2D eigenvalue weighted by atomic mass is 10.1. The molecule has 2 aliphatic heterocycles. The largest absolute Gasteiger partial charge is 0.457 e. The van der Waals surface area contributed by atoms with Crippen LogP contribution in [0.1, 0.15) is 18.5 Å². The fourth-order valence-electron chi connectivity index (χ4n) is 3.26. The van der Waals surface area contributed by atoms with E-state index in [1.54, 1.807) is 43.3 Å². The van der Waals surface area contributed by atoms with Crippen LogP contribution in [-0.2, 0) is 14.8 Å². The van der Waals surface area contributed by atoms with Crippen molar-refractivity contribution in [1.29, 1.82) is 0 Å². The molecule has 28 heavy (non-hydrogen) atoms. The van der Waals surface area contributed by atoms with E-state index in [-0.39, 0.29) is 11.4 Å². The number of nitrogens with one attached hydrogen (secondary N) is 2. The van der Waals surface area contributed by atoms with Gasteiger partial charge in [0.05, 0.1) is 10.9 Å². The predicted molar refractivity (Wildman–Crippen MR) is 101 cm³/mol. The molecule has 2 aliphatic rings. The Morgan fingerprint density at radius 3 is 2.50 bits per heavy atom. The van der Waals surface area contributed by atoms with E-state index in [2.05, 4.69) is 10.6 Å². The summed E-state index contributed by atoms with van der Waals surface area (Å²) in [6.07, 6.45) is 0. The lowest BCUT2D eigenvalue weighted by Gasteiger charge is -2.34. The van der Waals surface area contributed by atoms with Crippen LogP contribution in [0.5, 0.6) is 11.5 Å². The summed E-state index contributed by atoms with van der Waals surface area (Å²) >= 11 is 5.89. The van der Waals surface area contributed by atoms with E-state index in [4.69, 9.17) is 16.3 Å². The second kappa shape index (κ2) is 6.77. The third kappa shape index (κ3) is 3.21. The summed E-state index contributed by atoms with van der Waals surface area (Å²) in [5.41, 5.74) is 0.659. The van der Waals surface area contributed by atoms with Gasteiger partial charge in [-0.2, -0.15) is 4.31 Å². The van der Waals surface area contributed by atoms with E-state index in [0.29, 0.717) is 22.1 Å². The van der Waals surface area contributed by atoms with Gasteiger partial charge < -0.3 is 10.1 Å². The number of carbonyl (C=O) groups excluding carboxylic acids is 2. The van der Waals surface area contributed by atoms with E-state index >= 15 is 0 Å². The molecule has 3 amide bonds. The van der Waals surface area contributed by atoms with Crippen molar-refractivity contribution in [2.24, 2.45) is 0 Å². The maximum atomic E-state index is 12.9. The molecular formula is C18H16ClN3O5S. The van der Waals surface area contributed by atoms with E-state index in [1.165, 1.54) is 10.4 Å². The molecule has 0 aliphatic carbocycles. The zero-order chi connectivity index (χ0) is 20.1. The molecule has 4 rings (SSSR count). The number of urea groups is 1. The van der Waals surface area contributed by atoms with Crippen LogP contribution >= 0.6 is 11.6 Å². The average molecular weight is 422 g/mol. The van der Waals surface area contributed by atoms with E-state index in [0.717, 1.165) is 0 Å². The highest BCUT2D eigenvalue weighted by atomic mass is 35.5. The Morgan fingerprint density at radius 2 is 1.86 bits per heavy atom. The molecule has 10 heteroatoms. The normalized spacial score (nSPS) is 23.2. The van der Waals surface area contributed by atoms with Crippen LogP contribution in [0.3, 0.4) is 0 Å². The monoisotopic (exact) mass is 421 g/mol. The number of amides is 3. The molecule has 2 atom stereocenters. The van der Waals surface area contributed by atoms with Crippen LogP contribution < -0.4 is 15.4 Å². The summed E-state index contributed by atoms with van der Waals surface area (Å²) in [6, 6.07) is 9.26. The summed E-state index contributed by atoms with van der Waals surface area (Å²) < 4.78 is 32.9. The van der Waals surface area contributed by atoms with Crippen molar-refractivity contribution in [2.75, 3.05) is 6.54 Å². The van der Waals surface area contributed by atoms with Crippen molar-refractivity contribution < 1.29 is 22.7 Å². The summed E-state index contributed by atoms with van der Waals surface area (Å²) in [4.78, 5) is 23.3. The number of fused-ring (bicyclic) bond motifs is 2. The molecule has 1 fully saturated rings. The van der Waals surface area contributed by atoms with Crippen molar-refractivity contribution in [2.45, 2.75) is 23.9 Å². The number of halogens is 1. The van der Waals surface area contributed by atoms with E-state index < -0.39 is 34.0 Å². The van der Waals surface area contributed by atoms with Crippen molar-refractivity contribution >= 4 is 33.6 Å².